The molecule has 5 heteroatoms. The highest BCUT2D eigenvalue weighted by Gasteiger charge is 2.13. The van der Waals surface area contributed by atoms with Crippen LogP contribution in [0.4, 0.5) is 0 Å². The molecule has 114 valence electrons. The van der Waals surface area contributed by atoms with Crippen LogP contribution < -0.4 is 11.1 Å². The molecule has 21 heavy (non-hydrogen) atoms. The maximum atomic E-state index is 11.6. The van der Waals surface area contributed by atoms with E-state index in [9.17, 15) is 4.79 Å². The molecule has 1 unspecified atom stereocenters. The molecule has 0 bridgehead atoms. The largest absolute Gasteiger partial charge is 0.356 e. The highest BCUT2D eigenvalue weighted by Crippen LogP contribution is 2.20. The number of imidazole rings is 1. The average Bonchev–Trinajstić information content (AvgIpc) is 2.75. The Hall–Kier alpha value is -1.88. The Bertz CT molecular complexity index is 616. The van der Waals surface area contributed by atoms with Crippen molar-refractivity contribution >= 4 is 16.9 Å². The van der Waals surface area contributed by atoms with E-state index in [2.05, 4.69) is 34.8 Å². The lowest BCUT2D eigenvalue weighted by atomic mass is 10.2. The Kier molecular flexibility index (Phi) is 4.96. The van der Waals surface area contributed by atoms with Crippen LogP contribution in [0, 0.1) is 0 Å². The molecule has 1 heterocycles. The first kappa shape index (κ1) is 15.5. The van der Waals surface area contributed by atoms with Gasteiger partial charge in [0.15, 0.2) is 0 Å². The fourth-order valence-corrected chi connectivity index (χ4v) is 2.53. The van der Waals surface area contributed by atoms with Crippen molar-refractivity contribution < 1.29 is 4.79 Å². The zero-order valence-electron chi connectivity index (χ0n) is 13.0. The third kappa shape index (κ3) is 3.82. The van der Waals surface area contributed by atoms with E-state index in [1.165, 1.54) is 0 Å². The van der Waals surface area contributed by atoms with Crippen molar-refractivity contribution in [2.75, 3.05) is 6.54 Å². The number of carbonyl (C=O) groups excluding carboxylic acids is 1. The average molecular weight is 288 g/mol. The van der Waals surface area contributed by atoms with Gasteiger partial charge in [0.2, 0.25) is 5.91 Å². The lowest BCUT2D eigenvalue weighted by Gasteiger charge is -2.13. The van der Waals surface area contributed by atoms with Crippen LogP contribution >= 0.6 is 0 Å². The molecule has 0 aliphatic rings. The molecule has 0 saturated carbocycles. The van der Waals surface area contributed by atoms with Crippen molar-refractivity contribution in [2.45, 2.75) is 45.7 Å². The summed E-state index contributed by atoms with van der Waals surface area (Å²) >= 11 is 0. The first-order valence-electron chi connectivity index (χ1n) is 7.47. The quantitative estimate of drug-likeness (QED) is 0.854. The third-order valence-electron chi connectivity index (χ3n) is 3.36. The van der Waals surface area contributed by atoms with Gasteiger partial charge in [0.1, 0.15) is 5.82 Å². The second-order valence-corrected chi connectivity index (χ2v) is 5.76. The summed E-state index contributed by atoms with van der Waals surface area (Å²) in [6, 6.07) is 8.36. The number of benzene rings is 1. The molecule has 5 nitrogen and oxygen atoms in total. The Morgan fingerprint density at radius 2 is 2.05 bits per heavy atom. The molecule has 0 saturated heterocycles. The predicted molar refractivity (Wildman–Crippen MR) is 85.1 cm³/mol. The van der Waals surface area contributed by atoms with Crippen LogP contribution in [-0.4, -0.2) is 28.0 Å². The van der Waals surface area contributed by atoms with Crippen molar-refractivity contribution in [2.24, 2.45) is 5.73 Å². The lowest BCUT2D eigenvalue weighted by Crippen LogP contribution is -2.31. The van der Waals surface area contributed by atoms with Crippen LogP contribution in [0.15, 0.2) is 24.3 Å². The van der Waals surface area contributed by atoms with Gasteiger partial charge in [0, 0.05) is 31.5 Å². The maximum Gasteiger partial charge on any atom is 0.221 e. The molecule has 1 aromatic carbocycles. The van der Waals surface area contributed by atoms with E-state index in [4.69, 9.17) is 5.73 Å². The number of rotatable bonds is 6. The Labute approximate surface area is 125 Å². The van der Waals surface area contributed by atoms with Gasteiger partial charge in [-0.25, -0.2) is 4.98 Å². The molecular weight excluding hydrogens is 264 g/mol. The van der Waals surface area contributed by atoms with Crippen molar-refractivity contribution in [3.8, 4) is 0 Å². The molecule has 0 fully saturated rings. The van der Waals surface area contributed by atoms with Gasteiger partial charge in [-0.1, -0.05) is 12.1 Å². The number of amides is 1. The smallest absolute Gasteiger partial charge is 0.221 e. The van der Waals surface area contributed by atoms with E-state index >= 15 is 0 Å². The van der Waals surface area contributed by atoms with Crippen molar-refractivity contribution in [3.05, 3.63) is 30.1 Å². The minimum absolute atomic E-state index is 0.00259. The fourth-order valence-electron chi connectivity index (χ4n) is 2.53. The van der Waals surface area contributed by atoms with Gasteiger partial charge in [0.25, 0.3) is 0 Å². The summed E-state index contributed by atoms with van der Waals surface area (Å²) in [7, 11) is 0. The molecule has 2 aromatic rings. The van der Waals surface area contributed by atoms with E-state index in [0.29, 0.717) is 19.0 Å². The molecule has 2 rings (SSSR count). The van der Waals surface area contributed by atoms with Crippen molar-refractivity contribution in [1.29, 1.82) is 0 Å². The zero-order chi connectivity index (χ0) is 15.4. The number of para-hydroxylation sites is 2. The first-order chi connectivity index (χ1) is 9.99. The van der Waals surface area contributed by atoms with Gasteiger partial charge in [0.05, 0.1) is 11.0 Å². The van der Waals surface area contributed by atoms with Gasteiger partial charge >= 0.3 is 0 Å². The minimum atomic E-state index is -0.106. The highest BCUT2D eigenvalue weighted by molar-refractivity contribution is 5.77. The lowest BCUT2D eigenvalue weighted by molar-refractivity contribution is -0.121. The molecule has 1 aromatic heterocycles. The van der Waals surface area contributed by atoms with E-state index in [1.54, 1.807) is 0 Å². The molecule has 3 N–H and O–H groups in total. The number of nitrogens with zero attached hydrogens (tertiary/aromatic N) is 2. The second kappa shape index (κ2) is 6.72. The van der Waals surface area contributed by atoms with Crippen LogP contribution in [0.2, 0.25) is 0 Å². The standard InChI is InChI=1S/C16H24N4O/c1-11(2)20-14-7-5-4-6-13(14)19-15(20)8-9-18-16(21)10-12(3)17/h4-7,11-12H,8-10,17H2,1-3H3,(H,18,21). The molecule has 0 radical (unpaired) electrons. The maximum absolute atomic E-state index is 11.6. The van der Waals surface area contributed by atoms with E-state index in [0.717, 1.165) is 23.3 Å². The molecule has 1 atom stereocenters. The van der Waals surface area contributed by atoms with Gasteiger partial charge < -0.3 is 15.6 Å². The number of aromatic nitrogens is 2. The number of hydrogen-bond donors (Lipinski definition) is 2. The van der Waals surface area contributed by atoms with Crippen LogP contribution in [0.25, 0.3) is 11.0 Å². The van der Waals surface area contributed by atoms with Gasteiger partial charge in [-0.2, -0.15) is 0 Å². The SMILES string of the molecule is CC(N)CC(=O)NCCc1nc2ccccc2n1C(C)C. The van der Waals surface area contributed by atoms with Crippen molar-refractivity contribution in [1.82, 2.24) is 14.9 Å². The van der Waals surface area contributed by atoms with Gasteiger partial charge in [-0.3, -0.25) is 4.79 Å². The summed E-state index contributed by atoms with van der Waals surface area (Å²) in [4.78, 5) is 16.3. The highest BCUT2D eigenvalue weighted by atomic mass is 16.1. The van der Waals surface area contributed by atoms with Crippen LogP contribution in [-0.2, 0) is 11.2 Å². The van der Waals surface area contributed by atoms with Gasteiger partial charge in [-0.15, -0.1) is 0 Å². The predicted octanol–water partition coefficient (Wildman–Crippen LogP) is 2.01. The minimum Gasteiger partial charge on any atom is -0.356 e. The van der Waals surface area contributed by atoms with E-state index < -0.39 is 0 Å². The number of carbonyl (C=O) groups is 1. The topological polar surface area (TPSA) is 72.9 Å². The summed E-state index contributed by atoms with van der Waals surface area (Å²) in [5, 5.41) is 2.90. The Balaban J connectivity index is 2.08. The summed E-state index contributed by atoms with van der Waals surface area (Å²) in [5.74, 6) is 1.00. The summed E-state index contributed by atoms with van der Waals surface area (Å²) in [6.45, 7) is 6.71. The molecule has 0 spiro atoms. The summed E-state index contributed by atoms with van der Waals surface area (Å²) < 4.78 is 2.23. The number of nitrogens with two attached hydrogens (primary N) is 1. The summed E-state index contributed by atoms with van der Waals surface area (Å²) in [6.07, 6.45) is 1.08. The van der Waals surface area contributed by atoms with Crippen molar-refractivity contribution in [3.63, 3.8) is 0 Å². The molecule has 0 aliphatic carbocycles. The third-order valence-corrected chi connectivity index (χ3v) is 3.36. The fraction of sp³-hybridized carbons (Fsp3) is 0.500. The van der Waals surface area contributed by atoms with E-state index in [1.807, 2.05) is 25.1 Å². The van der Waals surface area contributed by atoms with Crippen LogP contribution in [0.3, 0.4) is 0 Å². The Morgan fingerprint density at radius 1 is 1.33 bits per heavy atom. The van der Waals surface area contributed by atoms with Crippen LogP contribution in [0.5, 0.6) is 0 Å². The number of nitrogens with one attached hydrogen (secondary N) is 1. The summed E-state index contributed by atoms with van der Waals surface area (Å²) in [5.41, 5.74) is 7.76. The molecule has 1 amide bonds. The first-order valence-corrected chi connectivity index (χ1v) is 7.47. The normalized spacial score (nSPS) is 12.8. The second-order valence-electron chi connectivity index (χ2n) is 5.76. The zero-order valence-corrected chi connectivity index (χ0v) is 13.0. The van der Waals surface area contributed by atoms with Gasteiger partial charge in [-0.05, 0) is 32.9 Å². The molecular formula is C16H24N4O. The number of fused-ring (bicyclic) bond motifs is 1. The van der Waals surface area contributed by atoms with E-state index in [-0.39, 0.29) is 11.9 Å². The monoisotopic (exact) mass is 288 g/mol. The number of hydrogen-bond acceptors (Lipinski definition) is 3. The van der Waals surface area contributed by atoms with Crippen LogP contribution in [0.1, 0.15) is 39.1 Å². The molecule has 0 aliphatic heterocycles. The Morgan fingerprint density at radius 3 is 2.71 bits per heavy atom.